The summed E-state index contributed by atoms with van der Waals surface area (Å²) in [7, 11) is 0. The lowest BCUT2D eigenvalue weighted by Gasteiger charge is -2.35. The topological polar surface area (TPSA) is 38.8 Å². The van der Waals surface area contributed by atoms with Gasteiger partial charge in [0.25, 0.3) is 0 Å². The largest absolute Gasteiger partial charge is 0.381 e. The second-order valence-corrected chi connectivity index (χ2v) is 4.98. The molecule has 2 aliphatic rings. The molecule has 0 radical (unpaired) electrons. The number of morpholine rings is 1. The van der Waals surface area contributed by atoms with E-state index in [1.165, 1.54) is 0 Å². The first-order valence-electron chi connectivity index (χ1n) is 6.13. The van der Waals surface area contributed by atoms with Crippen molar-refractivity contribution in [2.45, 2.75) is 32.5 Å². The third kappa shape index (κ3) is 3.03. The number of carbonyl (C=O) groups is 1. The molecule has 0 spiro atoms. The van der Waals surface area contributed by atoms with Crippen LogP contribution in [0.1, 0.15) is 20.3 Å². The van der Waals surface area contributed by atoms with Crippen molar-refractivity contribution in [2.75, 3.05) is 32.8 Å². The van der Waals surface area contributed by atoms with Crippen LogP contribution in [-0.4, -0.2) is 55.7 Å². The van der Waals surface area contributed by atoms with E-state index >= 15 is 0 Å². The molecule has 3 atom stereocenters. The highest BCUT2D eigenvalue weighted by Gasteiger charge is 2.28. The van der Waals surface area contributed by atoms with Gasteiger partial charge in [0.15, 0.2) is 5.78 Å². The smallest absolute Gasteiger partial charge is 0.152 e. The fourth-order valence-electron chi connectivity index (χ4n) is 2.55. The highest BCUT2D eigenvalue weighted by molar-refractivity contribution is 5.83. The second kappa shape index (κ2) is 5.25. The maximum Gasteiger partial charge on any atom is 0.152 e. The third-order valence-electron chi connectivity index (χ3n) is 3.26. The van der Waals surface area contributed by atoms with E-state index in [-0.39, 0.29) is 18.1 Å². The summed E-state index contributed by atoms with van der Waals surface area (Å²) in [6, 6.07) is 0. The van der Waals surface area contributed by atoms with Crippen LogP contribution >= 0.6 is 0 Å². The SMILES string of the molecule is C[C@@H]1CN(CC(=O)C2CCOC2)C[C@H](C)O1. The summed E-state index contributed by atoms with van der Waals surface area (Å²) in [5.74, 6) is 0.465. The summed E-state index contributed by atoms with van der Waals surface area (Å²) >= 11 is 0. The van der Waals surface area contributed by atoms with Crippen molar-refractivity contribution < 1.29 is 14.3 Å². The van der Waals surface area contributed by atoms with Gasteiger partial charge in [0.2, 0.25) is 0 Å². The highest BCUT2D eigenvalue weighted by Crippen LogP contribution is 2.16. The fourth-order valence-corrected chi connectivity index (χ4v) is 2.55. The first-order chi connectivity index (χ1) is 7.65. The van der Waals surface area contributed by atoms with Crippen molar-refractivity contribution >= 4 is 5.78 Å². The molecule has 0 aromatic carbocycles. The van der Waals surface area contributed by atoms with E-state index in [1.807, 2.05) is 0 Å². The predicted octanol–water partition coefficient (Wildman–Crippen LogP) is 0.701. The third-order valence-corrected chi connectivity index (χ3v) is 3.26. The fraction of sp³-hybridized carbons (Fsp3) is 0.917. The molecule has 0 aromatic heterocycles. The number of nitrogens with zero attached hydrogens (tertiary/aromatic N) is 1. The number of hydrogen-bond donors (Lipinski definition) is 0. The number of ketones is 1. The minimum atomic E-state index is 0.133. The lowest BCUT2D eigenvalue weighted by atomic mass is 10.0. The van der Waals surface area contributed by atoms with Gasteiger partial charge in [-0.1, -0.05) is 0 Å². The van der Waals surface area contributed by atoms with E-state index in [0.717, 1.165) is 26.1 Å². The molecule has 4 nitrogen and oxygen atoms in total. The zero-order chi connectivity index (χ0) is 11.5. The quantitative estimate of drug-likeness (QED) is 0.711. The molecule has 4 heteroatoms. The van der Waals surface area contributed by atoms with Crippen LogP contribution < -0.4 is 0 Å². The van der Waals surface area contributed by atoms with Crippen molar-refractivity contribution in [1.82, 2.24) is 4.90 Å². The normalized spacial score (nSPS) is 36.5. The lowest BCUT2D eigenvalue weighted by Crippen LogP contribution is -2.48. The zero-order valence-corrected chi connectivity index (χ0v) is 10.1. The zero-order valence-electron chi connectivity index (χ0n) is 10.1. The first-order valence-corrected chi connectivity index (χ1v) is 6.13. The summed E-state index contributed by atoms with van der Waals surface area (Å²) in [6.45, 7) is 7.78. The number of hydrogen-bond acceptors (Lipinski definition) is 4. The lowest BCUT2D eigenvalue weighted by molar-refractivity contribution is -0.127. The molecule has 0 bridgehead atoms. The minimum Gasteiger partial charge on any atom is -0.381 e. The molecule has 2 fully saturated rings. The molecule has 2 heterocycles. The maximum absolute atomic E-state index is 12.0. The van der Waals surface area contributed by atoms with E-state index in [0.29, 0.717) is 18.9 Å². The molecule has 92 valence electrons. The number of rotatable bonds is 3. The van der Waals surface area contributed by atoms with Gasteiger partial charge in [0.1, 0.15) is 0 Å². The Bertz CT molecular complexity index is 241. The Hall–Kier alpha value is -0.450. The van der Waals surface area contributed by atoms with Gasteiger partial charge >= 0.3 is 0 Å². The van der Waals surface area contributed by atoms with Crippen LogP contribution in [0.4, 0.5) is 0 Å². The van der Waals surface area contributed by atoms with Crippen LogP contribution in [-0.2, 0) is 14.3 Å². The van der Waals surface area contributed by atoms with E-state index in [1.54, 1.807) is 0 Å². The molecular weight excluding hydrogens is 206 g/mol. The van der Waals surface area contributed by atoms with Crippen LogP contribution in [0.5, 0.6) is 0 Å². The Morgan fingerprint density at radius 3 is 2.56 bits per heavy atom. The van der Waals surface area contributed by atoms with Crippen LogP contribution in [0.25, 0.3) is 0 Å². The average molecular weight is 227 g/mol. The number of ether oxygens (including phenoxy) is 2. The van der Waals surface area contributed by atoms with Crippen LogP contribution in [0, 0.1) is 5.92 Å². The Labute approximate surface area is 96.9 Å². The Balaban J connectivity index is 1.81. The Morgan fingerprint density at radius 1 is 1.31 bits per heavy atom. The molecule has 2 aliphatic heterocycles. The summed E-state index contributed by atoms with van der Waals surface area (Å²) in [5, 5.41) is 0. The standard InChI is InChI=1S/C12H21NO3/c1-9-5-13(6-10(2)16-9)7-12(14)11-3-4-15-8-11/h9-11H,3-8H2,1-2H3/t9-,10+,11?. The van der Waals surface area contributed by atoms with E-state index in [9.17, 15) is 4.79 Å². The van der Waals surface area contributed by atoms with Gasteiger partial charge < -0.3 is 9.47 Å². The van der Waals surface area contributed by atoms with Crippen LogP contribution in [0.3, 0.4) is 0 Å². The van der Waals surface area contributed by atoms with Gasteiger partial charge in [-0.2, -0.15) is 0 Å². The van der Waals surface area contributed by atoms with Gasteiger partial charge in [-0.25, -0.2) is 0 Å². The number of Topliss-reactive ketones (excluding diaryl/α,β-unsaturated/α-hetero) is 1. The van der Waals surface area contributed by atoms with Gasteiger partial charge in [-0.3, -0.25) is 9.69 Å². The van der Waals surface area contributed by atoms with Crippen molar-refractivity contribution in [3.05, 3.63) is 0 Å². The molecular formula is C12H21NO3. The highest BCUT2D eigenvalue weighted by atomic mass is 16.5. The molecule has 0 amide bonds. The van der Waals surface area contributed by atoms with Gasteiger partial charge in [0, 0.05) is 25.6 Å². The minimum absolute atomic E-state index is 0.133. The maximum atomic E-state index is 12.0. The van der Waals surface area contributed by atoms with Gasteiger partial charge in [-0.05, 0) is 20.3 Å². The average Bonchev–Trinajstić information content (AvgIpc) is 2.68. The van der Waals surface area contributed by atoms with Crippen molar-refractivity contribution in [2.24, 2.45) is 5.92 Å². The van der Waals surface area contributed by atoms with Gasteiger partial charge in [-0.15, -0.1) is 0 Å². The molecule has 2 rings (SSSR count). The molecule has 0 aromatic rings. The van der Waals surface area contributed by atoms with Crippen molar-refractivity contribution in [1.29, 1.82) is 0 Å². The van der Waals surface area contributed by atoms with E-state index in [4.69, 9.17) is 9.47 Å². The Morgan fingerprint density at radius 2 is 2.00 bits per heavy atom. The first kappa shape index (κ1) is 12.0. The van der Waals surface area contributed by atoms with Gasteiger partial charge in [0.05, 0.1) is 25.4 Å². The molecule has 0 N–H and O–H groups in total. The molecule has 2 saturated heterocycles. The van der Waals surface area contributed by atoms with Crippen LogP contribution in [0.2, 0.25) is 0 Å². The summed E-state index contributed by atoms with van der Waals surface area (Å²) in [4.78, 5) is 14.2. The summed E-state index contributed by atoms with van der Waals surface area (Å²) < 4.78 is 10.9. The molecule has 1 unspecified atom stereocenters. The van der Waals surface area contributed by atoms with Crippen LogP contribution in [0.15, 0.2) is 0 Å². The summed E-state index contributed by atoms with van der Waals surface area (Å²) in [5.41, 5.74) is 0. The predicted molar refractivity (Wildman–Crippen MR) is 60.4 cm³/mol. The monoisotopic (exact) mass is 227 g/mol. The summed E-state index contributed by atoms with van der Waals surface area (Å²) in [6.07, 6.45) is 1.36. The van der Waals surface area contributed by atoms with E-state index < -0.39 is 0 Å². The Kier molecular flexibility index (Phi) is 3.95. The number of carbonyl (C=O) groups excluding carboxylic acids is 1. The van der Waals surface area contributed by atoms with Crippen molar-refractivity contribution in [3.8, 4) is 0 Å². The molecule has 0 saturated carbocycles. The molecule has 16 heavy (non-hydrogen) atoms. The molecule has 0 aliphatic carbocycles. The van der Waals surface area contributed by atoms with Crippen molar-refractivity contribution in [3.63, 3.8) is 0 Å². The second-order valence-electron chi connectivity index (χ2n) is 4.98. The van der Waals surface area contributed by atoms with E-state index in [2.05, 4.69) is 18.7 Å².